The first-order valence-corrected chi connectivity index (χ1v) is 7.81. The minimum Gasteiger partial charge on any atom is -0.497 e. The van der Waals surface area contributed by atoms with Crippen LogP contribution in [0.1, 0.15) is 17.2 Å². The summed E-state index contributed by atoms with van der Waals surface area (Å²) in [6, 6.07) is 13.6. The van der Waals surface area contributed by atoms with Gasteiger partial charge in [0.15, 0.2) is 0 Å². The number of ether oxygens (including phenoxy) is 1. The molecule has 2 heterocycles. The largest absolute Gasteiger partial charge is 0.497 e. The number of fused-ring (bicyclic) bond motifs is 1. The molecule has 0 spiro atoms. The molecule has 3 aromatic rings. The van der Waals surface area contributed by atoms with Crippen molar-refractivity contribution < 1.29 is 9.66 Å². The van der Waals surface area contributed by atoms with Crippen LogP contribution < -0.4 is 10.1 Å². The highest BCUT2D eigenvalue weighted by Gasteiger charge is 2.25. The molecule has 0 bridgehead atoms. The maximum atomic E-state index is 11.1. The zero-order valence-corrected chi connectivity index (χ0v) is 13.7. The van der Waals surface area contributed by atoms with Gasteiger partial charge in [-0.25, -0.2) is 0 Å². The minimum absolute atomic E-state index is 0.0232. The van der Waals surface area contributed by atoms with Crippen molar-refractivity contribution in [1.29, 1.82) is 0 Å². The number of allylic oxidation sites excluding steroid dienone is 1. The van der Waals surface area contributed by atoms with Gasteiger partial charge < -0.3 is 10.1 Å². The molecule has 1 aliphatic heterocycles. The monoisotopic (exact) mass is 350 g/mol. The predicted octanol–water partition coefficient (Wildman–Crippen LogP) is 2.65. The molecule has 1 N–H and O–H groups in total. The van der Waals surface area contributed by atoms with Crippen molar-refractivity contribution in [3.63, 3.8) is 0 Å². The van der Waals surface area contributed by atoms with Gasteiger partial charge in [0.1, 0.15) is 11.8 Å². The van der Waals surface area contributed by atoms with Crippen LogP contribution in [0.3, 0.4) is 0 Å². The highest BCUT2D eigenvalue weighted by Crippen LogP contribution is 2.33. The fourth-order valence-corrected chi connectivity index (χ4v) is 2.85. The van der Waals surface area contributed by atoms with Crippen LogP contribution in [0, 0.1) is 10.1 Å². The Hall–Kier alpha value is -3.75. The van der Waals surface area contributed by atoms with Crippen LogP contribution in [-0.2, 0) is 0 Å². The Kier molecular flexibility index (Phi) is 3.81. The van der Waals surface area contributed by atoms with Gasteiger partial charge in [-0.05, 0) is 51.9 Å². The Labute approximate surface area is 148 Å². The lowest BCUT2D eigenvalue weighted by atomic mass is 10.0. The number of nitro benzene ring substituents is 1. The molecule has 0 aliphatic carbocycles. The molecule has 9 heteroatoms. The van der Waals surface area contributed by atoms with Crippen molar-refractivity contribution in [3.8, 4) is 5.75 Å². The van der Waals surface area contributed by atoms with Crippen LogP contribution in [0.15, 0.2) is 54.6 Å². The van der Waals surface area contributed by atoms with E-state index in [1.807, 2.05) is 36.4 Å². The maximum Gasteiger partial charge on any atom is 0.269 e. The van der Waals surface area contributed by atoms with Gasteiger partial charge in [-0.3, -0.25) is 10.1 Å². The molecule has 130 valence electrons. The Morgan fingerprint density at radius 2 is 2.04 bits per heavy atom. The first kappa shape index (κ1) is 15.8. The second kappa shape index (κ2) is 6.28. The molecule has 4 rings (SSSR count). The average Bonchev–Trinajstić information content (AvgIpc) is 3.16. The number of methoxy groups -OCH3 is 1. The smallest absolute Gasteiger partial charge is 0.269 e. The first-order chi connectivity index (χ1) is 12.7. The molecule has 1 aliphatic rings. The number of anilines is 1. The van der Waals surface area contributed by atoms with Gasteiger partial charge in [0.2, 0.25) is 5.95 Å². The lowest BCUT2D eigenvalue weighted by Gasteiger charge is -2.23. The molecule has 9 nitrogen and oxygen atoms in total. The number of hydrogen-bond donors (Lipinski definition) is 1. The summed E-state index contributed by atoms with van der Waals surface area (Å²) in [7, 11) is 1.61. The van der Waals surface area contributed by atoms with E-state index in [1.54, 1.807) is 17.9 Å². The van der Waals surface area contributed by atoms with Crippen LogP contribution >= 0.6 is 0 Å². The summed E-state index contributed by atoms with van der Waals surface area (Å²) in [5.41, 5.74) is 2.48. The summed E-state index contributed by atoms with van der Waals surface area (Å²) < 4.78 is 6.78. The van der Waals surface area contributed by atoms with E-state index in [0.29, 0.717) is 5.95 Å². The van der Waals surface area contributed by atoms with Crippen LogP contribution in [0.4, 0.5) is 11.6 Å². The van der Waals surface area contributed by atoms with Crippen molar-refractivity contribution >= 4 is 17.3 Å². The van der Waals surface area contributed by atoms with Crippen LogP contribution in [0.2, 0.25) is 0 Å². The van der Waals surface area contributed by atoms with Crippen molar-refractivity contribution in [1.82, 2.24) is 20.2 Å². The highest BCUT2D eigenvalue weighted by atomic mass is 16.6. The molecule has 0 unspecified atom stereocenters. The summed E-state index contributed by atoms with van der Waals surface area (Å²) in [6.07, 6.45) is 1.93. The number of aromatic nitrogens is 4. The number of nitro groups is 1. The Bertz CT molecular complexity index is 996. The summed E-state index contributed by atoms with van der Waals surface area (Å²) in [5.74, 6) is 1.22. The second-order valence-corrected chi connectivity index (χ2v) is 5.68. The minimum atomic E-state index is -0.417. The van der Waals surface area contributed by atoms with Gasteiger partial charge in [-0.15, -0.1) is 0 Å². The van der Waals surface area contributed by atoms with Crippen molar-refractivity contribution in [2.45, 2.75) is 6.04 Å². The quantitative estimate of drug-likeness (QED) is 0.569. The topological polar surface area (TPSA) is 108 Å². The number of tetrazole rings is 1. The summed E-state index contributed by atoms with van der Waals surface area (Å²) in [4.78, 5) is 10.7. The molecule has 1 aromatic heterocycles. The SMILES string of the molecule is COc1ccc(C2=C[C@@H](c3cccc([N+](=O)[O-])c3)n3nnnc3N2)cc1. The average molecular weight is 350 g/mol. The summed E-state index contributed by atoms with van der Waals surface area (Å²) in [5, 5.41) is 26.0. The molecule has 0 saturated carbocycles. The third kappa shape index (κ3) is 2.75. The molecule has 26 heavy (non-hydrogen) atoms. The summed E-state index contributed by atoms with van der Waals surface area (Å²) in [6.45, 7) is 0. The molecular weight excluding hydrogens is 336 g/mol. The van der Waals surface area contributed by atoms with Gasteiger partial charge in [0, 0.05) is 17.8 Å². The van der Waals surface area contributed by atoms with E-state index >= 15 is 0 Å². The van der Waals surface area contributed by atoms with Gasteiger partial charge in [-0.1, -0.05) is 17.2 Å². The Morgan fingerprint density at radius 3 is 2.77 bits per heavy atom. The predicted molar refractivity (Wildman–Crippen MR) is 93.6 cm³/mol. The van der Waals surface area contributed by atoms with Gasteiger partial charge in [0.25, 0.3) is 5.69 Å². The molecule has 1 atom stereocenters. The van der Waals surface area contributed by atoms with Gasteiger partial charge in [0.05, 0.1) is 12.0 Å². The zero-order chi connectivity index (χ0) is 18.1. The van der Waals surface area contributed by atoms with Gasteiger partial charge >= 0.3 is 0 Å². The van der Waals surface area contributed by atoms with Crippen LogP contribution in [0.25, 0.3) is 5.70 Å². The highest BCUT2D eigenvalue weighted by molar-refractivity contribution is 5.77. The fourth-order valence-electron chi connectivity index (χ4n) is 2.85. The Morgan fingerprint density at radius 1 is 1.23 bits per heavy atom. The molecule has 0 fully saturated rings. The number of nitrogens with one attached hydrogen (secondary N) is 1. The van der Waals surface area contributed by atoms with Crippen LogP contribution in [0.5, 0.6) is 5.75 Å². The molecular formula is C17H14N6O3. The number of non-ortho nitro benzene ring substituents is 1. The fraction of sp³-hybridized carbons (Fsp3) is 0.118. The molecule has 0 radical (unpaired) electrons. The molecule has 0 amide bonds. The number of hydrogen-bond acceptors (Lipinski definition) is 7. The van der Waals surface area contributed by atoms with Crippen molar-refractivity contribution in [3.05, 3.63) is 75.8 Å². The lowest BCUT2D eigenvalue weighted by Crippen LogP contribution is -2.20. The zero-order valence-electron chi connectivity index (χ0n) is 13.7. The van der Waals surface area contributed by atoms with E-state index in [0.717, 1.165) is 22.6 Å². The van der Waals surface area contributed by atoms with E-state index in [2.05, 4.69) is 20.8 Å². The number of benzene rings is 2. The lowest BCUT2D eigenvalue weighted by molar-refractivity contribution is -0.384. The van der Waals surface area contributed by atoms with Crippen LogP contribution in [-0.4, -0.2) is 32.2 Å². The third-order valence-corrected chi connectivity index (χ3v) is 4.15. The summed E-state index contributed by atoms with van der Waals surface area (Å²) >= 11 is 0. The van der Waals surface area contributed by atoms with Gasteiger partial charge in [-0.2, -0.15) is 4.68 Å². The van der Waals surface area contributed by atoms with E-state index in [9.17, 15) is 10.1 Å². The van der Waals surface area contributed by atoms with E-state index in [4.69, 9.17) is 4.74 Å². The van der Waals surface area contributed by atoms with E-state index in [-0.39, 0.29) is 11.7 Å². The normalized spacial score (nSPS) is 15.6. The first-order valence-electron chi connectivity index (χ1n) is 7.81. The molecule has 2 aromatic carbocycles. The third-order valence-electron chi connectivity index (χ3n) is 4.15. The van der Waals surface area contributed by atoms with Crippen molar-refractivity contribution in [2.24, 2.45) is 0 Å². The van der Waals surface area contributed by atoms with E-state index < -0.39 is 4.92 Å². The maximum absolute atomic E-state index is 11.1. The number of rotatable bonds is 4. The van der Waals surface area contributed by atoms with Crippen molar-refractivity contribution in [2.75, 3.05) is 12.4 Å². The Balaban J connectivity index is 1.78. The molecule has 0 saturated heterocycles. The number of nitrogens with zero attached hydrogens (tertiary/aromatic N) is 5. The van der Waals surface area contributed by atoms with E-state index in [1.165, 1.54) is 12.1 Å². The standard InChI is InChI=1S/C17H14N6O3/c1-26-14-7-5-11(6-8-14)15-10-16(22-17(18-15)19-20-21-22)12-3-2-4-13(9-12)23(24)25/h2-10,16H,1H3,(H,18,19,21)/t16-/m0/s1. The second-order valence-electron chi connectivity index (χ2n) is 5.68.